The SMILES string of the molecule is COc1c(C)cc(CCN(C)C(C)CN)cc1C. The number of rotatable bonds is 6. The summed E-state index contributed by atoms with van der Waals surface area (Å²) < 4.78 is 5.39. The van der Waals surface area contributed by atoms with Crippen molar-refractivity contribution in [1.29, 1.82) is 0 Å². The van der Waals surface area contributed by atoms with Gasteiger partial charge in [-0.3, -0.25) is 0 Å². The van der Waals surface area contributed by atoms with E-state index in [9.17, 15) is 0 Å². The van der Waals surface area contributed by atoms with Crippen molar-refractivity contribution in [2.24, 2.45) is 5.73 Å². The second-order valence-corrected chi connectivity index (χ2v) is 5.08. The van der Waals surface area contributed by atoms with Gasteiger partial charge in [-0.1, -0.05) is 12.1 Å². The summed E-state index contributed by atoms with van der Waals surface area (Å²) >= 11 is 0. The van der Waals surface area contributed by atoms with Crippen LogP contribution in [0.3, 0.4) is 0 Å². The highest BCUT2D eigenvalue weighted by molar-refractivity contribution is 5.43. The minimum Gasteiger partial charge on any atom is -0.496 e. The van der Waals surface area contributed by atoms with Crippen LogP contribution < -0.4 is 10.5 Å². The molecule has 0 aliphatic rings. The molecule has 1 aromatic rings. The highest BCUT2D eigenvalue weighted by Gasteiger charge is 2.09. The lowest BCUT2D eigenvalue weighted by atomic mass is 10.0. The van der Waals surface area contributed by atoms with E-state index in [1.54, 1.807) is 7.11 Å². The van der Waals surface area contributed by atoms with E-state index in [4.69, 9.17) is 10.5 Å². The Morgan fingerprint density at radius 1 is 1.28 bits per heavy atom. The Morgan fingerprint density at radius 2 is 1.83 bits per heavy atom. The van der Waals surface area contributed by atoms with Gasteiger partial charge in [0.05, 0.1) is 7.11 Å². The predicted molar refractivity (Wildman–Crippen MR) is 77.3 cm³/mol. The van der Waals surface area contributed by atoms with E-state index in [0.29, 0.717) is 12.6 Å². The van der Waals surface area contributed by atoms with E-state index in [1.165, 1.54) is 16.7 Å². The summed E-state index contributed by atoms with van der Waals surface area (Å²) in [6, 6.07) is 4.87. The molecule has 1 unspecified atom stereocenters. The summed E-state index contributed by atoms with van der Waals surface area (Å²) in [7, 11) is 3.85. The minimum absolute atomic E-state index is 0.436. The normalized spacial score (nSPS) is 12.8. The molecule has 18 heavy (non-hydrogen) atoms. The van der Waals surface area contributed by atoms with Crippen LogP contribution in [-0.4, -0.2) is 38.2 Å². The quantitative estimate of drug-likeness (QED) is 0.840. The van der Waals surface area contributed by atoms with Crippen molar-refractivity contribution in [3.8, 4) is 5.75 Å². The van der Waals surface area contributed by atoms with Gasteiger partial charge < -0.3 is 15.4 Å². The van der Waals surface area contributed by atoms with Gasteiger partial charge in [0.25, 0.3) is 0 Å². The molecular formula is C15H26N2O. The van der Waals surface area contributed by atoms with Gasteiger partial charge in [0.15, 0.2) is 0 Å². The molecule has 0 radical (unpaired) electrons. The van der Waals surface area contributed by atoms with Crippen molar-refractivity contribution in [2.75, 3.05) is 27.2 Å². The van der Waals surface area contributed by atoms with Crippen LogP contribution in [0.1, 0.15) is 23.6 Å². The van der Waals surface area contributed by atoms with Crippen LogP contribution in [-0.2, 0) is 6.42 Å². The fourth-order valence-corrected chi connectivity index (χ4v) is 2.21. The highest BCUT2D eigenvalue weighted by atomic mass is 16.5. The number of benzene rings is 1. The van der Waals surface area contributed by atoms with Gasteiger partial charge in [0, 0.05) is 19.1 Å². The van der Waals surface area contributed by atoms with Crippen LogP contribution in [0.5, 0.6) is 5.75 Å². The van der Waals surface area contributed by atoms with E-state index < -0.39 is 0 Å². The summed E-state index contributed by atoms with van der Waals surface area (Å²) in [6.45, 7) is 8.09. The van der Waals surface area contributed by atoms with E-state index >= 15 is 0 Å². The van der Waals surface area contributed by atoms with Crippen molar-refractivity contribution < 1.29 is 4.74 Å². The monoisotopic (exact) mass is 250 g/mol. The smallest absolute Gasteiger partial charge is 0.124 e. The number of methoxy groups -OCH3 is 1. The van der Waals surface area contributed by atoms with Crippen LogP contribution in [0, 0.1) is 13.8 Å². The fraction of sp³-hybridized carbons (Fsp3) is 0.600. The number of hydrogen-bond donors (Lipinski definition) is 1. The number of nitrogens with zero attached hydrogens (tertiary/aromatic N) is 1. The molecule has 0 fully saturated rings. The van der Waals surface area contributed by atoms with Crippen molar-refractivity contribution in [2.45, 2.75) is 33.2 Å². The van der Waals surface area contributed by atoms with Gasteiger partial charge in [-0.25, -0.2) is 0 Å². The van der Waals surface area contributed by atoms with Gasteiger partial charge in [-0.05, 0) is 50.9 Å². The van der Waals surface area contributed by atoms with Crippen LogP contribution >= 0.6 is 0 Å². The van der Waals surface area contributed by atoms with Gasteiger partial charge in [0.1, 0.15) is 5.75 Å². The molecule has 3 heteroatoms. The topological polar surface area (TPSA) is 38.5 Å². The average Bonchev–Trinajstić information content (AvgIpc) is 2.34. The lowest BCUT2D eigenvalue weighted by Gasteiger charge is -2.23. The number of likely N-dealkylation sites (N-methyl/N-ethyl adjacent to an activating group) is 1. The van der Waals surface area contributed by atoms with E-state index in [2.05, 4.69) is 44.9 Å². The number of ether oxygens (including phenoxy) is 1. The Morgan fingerprint density at radius 3 is 2.28 bits per heavy atom. The third-order valence-electron chi connectivity index (χ3n) is 3.57. The lowest BCUT2D eigenvalue weighted by molar-refractivity contribution is 0.266. The van der Waals surface area contributed by atoms with E-state index in [0.717, 1.165) is 18.7 Å². The molecule has 102 valence electrons. The van der Waals surface area contributed by atoms with Crippen molar-refractivity contribution >= 4 is 0 Å². The van der Waals surface area contributed by atoms with Crippen molar-refractivity contribution in [3.63, 3.8) is 0 Å². The summed E-state index contributed by atoms with van der Waals surface area (Å²) in [5, 5.41) is 0. The van der Waals surface area contributed by atoms with Crippen LogP contribution in [0.2, 0.25) is 0 Å². The average molecular weight is 250 g/mol. The third-order valence-corrected chi connectivity index (χ3v) is 3.57. The first kappa shape index (κ1) is 15.0. The second kappa shape index (κ2) is 6.76. The molecule has 2 N–H and O–H groups in total. The zero-order valence-corrected chi connectivity index (χ0v) is 12.3. The standard InChI is InChI=1S/C15H26N2O/c1-11-8-14(9-12(2)15(11)18-5)6-7-17(4)13(3)10-16/h8-9,13H,6-7,10,16H2,1-5H3. The minimum atomic E-state index is 0.436. The molecular weight excluding hydrogens is 224 g/mol. The zero-order valence-electron chi connectivity index (χ0n) is 12.3. The lowest BCUT2D eigenvalue weighted by Crippen LogP contribution is -2.36. The first-order valence-corrected chi connectivity index (χ1v) is 6.54. The fourth-order valence-electron chi connectivity index (χ4n) is 2.21. The van der Waals surface area contributed by atoms with Gasteiger partial charge in [-0.2, -0.15) is 0 Å². The predicted octanol–water partition coefficient (Wildman–Crippen LogP) is 2.13. The number of aryl methyl sites for hydroxylation is 2. The number of hydrogen-bond acceptors (Lipinski definition) is 3. The zero-order chi connectivity index (χ0) is 13.7. The Labute approximate surface area is 111 Å². The Bertz CT molecular complexity index is 367. The molecule has 3 nitrogen and oxygen atoms in total. The Balaban J connectivity index is 2.69. The maximum atomic E-state index is 5.67. The summed E-state index contributed by atoms with van der Waals surface area (Å²) in [5.41, 5.74) is 9.45. The van der Waals surface area contributed by atoms with Crippen LogP contribution in [0.25, 0.3) is 0 Å². The van der Waals surface area contributed by atoms with Gasteiger partial charge in [-0.15, -0.1) is 0 Å². The molecule has 1 aromatic carbocycles. The molecule has 0 saturated carbocycles. The van der Waals surface area contributed by atoms with Crippen LogP contribution in [0.4, 0.5) is 0 Å². The Kier molecular flexibility index (Phi) is 5.63. The molecule has 0 amide bonds. The first-order valence-electron chi connectivity index (χ1n) is 6.54. The largest absolute Gasteiger partial charge is 0.496 e. The summed E-state index contributed by atoms with van der Waals surface area (Å²) in [5.74, 6) is 1.00. The molecule has 0 heterocycles. The van der Waals surface area contributed by atoms with E-state index in [-0.39, 0.29) is 0 Å². The summed E-state index contributed by atoms with van der Waals surface area (Å²) in [4.78, 5) is 2.30. The van der Waals surface area contributed by atoms with Gasteiger partial charge >= 0.3 is 0 Å². The summed E-state index contributed by atoms with van der Waals surface area (Å²) in [6.07, 6.45) is 1.05. The second-order valence-electron chi connectivity index (χ2n) is 5.08. The number of nitrogens with two attached hydrogens (primary N) is 1. The molecule has 0 bridgehead atoms. The highest BCUT2D eigenvalue weighted by Crippen LogP contribution is 2.24. The van der Waals surface area contributed by atoms with E-state index in [1.807, 2.05) is 0 Å². The van der Waals surface area contributed by atoms with Crippen molar-refractivity contribution in [1.82, 2.24) is 4.90 Å². The van der Waals surface area contributed by atoms with Gasteiger partial charge in [0.2, 0.25) is 0 Å². The molecule has 1 atom stereocenters. The van der Waals surface area contributed by atoms with Crippen LogP contribution in [0.15, 0.2) is 12.1 Å². The molecule has 0 spiro atoms. The first-order chi connectivity index (χ1) is 8.49. The molecule has 0 aliphatic heterocycles. The maximum absolute atomic E-state index is 5.67. The Hall–Kier alpha value is -1.06. The molecule has 0 aromatic heterocycles. The maximum Gasteiger partial charge on any atom is 0.124 e. The molecule has 0 aliphatic carbocycles. The van der Waals surface area contributed by atoms with Crippen molar-refractivity contribution in [3.05, 3.63) is 28.8 Å². The molecule has 0 saturated heterocycles. The third kappa shape index (κ3) is 3.72. The molecule has 1 rings (SSSR count).